The molecule has 0 radical (unpaired) electrons. The van der Waals surface area contributed by atoms with Gasteiger partial charge >= 0.3 is 0 Å². The minimum absolute atomic E-state index is 0.00331. The lowest BCUT2D eigenvalue weighted by atomic mass is 10.0. The van der Waals surface area contributed by atoms with Crippen LogP contribution in [0.5, 0.6) is 0 Å². The molecule has 0 aliphatic heterocycles. The molecule has 2 aromatic rings. The Labute approximate surface area is 111 Å². The zero-order valence-electron chi connectivity index (χ0n) is 10.7. The van der Waals surface area contributed by atoms with Gasteiger partial charge in [-0.25, -0.2) is 0 Å². The van der Waals surface area contributed by atoms with Crippen molar-refractivity contribution in [3.05, 3.63) is 40.5 Å². The number of aryl methyl sites for hydroxylation is 1. The highest BCUT2D eigenvalue weighted by atomic mass is 79.9. The molecule has 3 heteroatoms. The van der Waals surface area contributed by atoms with Gasteiger partial charge in [-0.1, -0.05) is 28.1 Å². The maximum absolute atomic E-state index is 4.49. The quantitative estimate of drug-likeness (QED) is 0.763. The van der Waals surface area contributed by atoms with Crippen molar-refractivity contribution < 1.29 is 0 Å². The number of hydrogen-bond donors (Lipinski definition) is 0. The molecule has 0 fully saturated rings. The highest BCUT2D eigenvalue weighted by Crippen LogP contribution is 2.29. The van der Waals surface area contributed by atoms with Gasteiger partial charge in [0.1, 0.15) is 0 Å². The molecule has 2 rings (SSSR count). The van der Waals surface area contributed by atoms with Gasteiger partial charge < -0.3 is 0 Å². The zero-order chi connectivity index (χ0) is 12.6. The lowest BCUT2D eigenvalue weighted by Crippen LogP contribution is -2.24. The molecule has 0 bridgehead atoms. The van der Waals surface area contributed by atoms with Crippen LogP contribution in [-0.4, -0.2) is 9.78 Å². The Morgan fingerprint density at radius 2 is 1.71 bits per heavy atom. The van der Waals surface area contributed by atoms with E-state index in [0.717, 1.165) is 4.47 Å². The minimum Gasteiger partial charge on any atom is -0.259 e. The summed E-state index contributed by atoms with van der Waals surface area (Å²) in [6, 6.07) is 8.37. The van der Waals surface area contributed by atoms with Crippen LogP contribution in [0.2, 0.25) is 0 Å². The van der Waals surface area contributed by atoms with E-state index in [1.807, 2.05) is 6.20 Å². The van der Waals surface area contributed by atoms with Crippen molar-refractivity contribution in [2.45, 2.75) is 33.2 Å². The SMILES string of the molecule is Cc1cnn(C(C)(C)C)c1-c1ccc(Br)cc1. The van der Waals surface area contributed by atoms with Gasteiger partial charge in [-0.3, -0.25) is 4.68 Å². The van der Waals surface area contributed by atoms with Crippen molar-refractivity contribution in [1.82, 2.24) is 9.78 Å². The molecule has 0 aliphatic carbocycles. The Bertz CT molecular complexity index is 518. The molecule has 2 nitrogen and oxygen atoms in total. The lowest BCUT2D eigenvalue weighted by molar-refractivity contribution is 0.360. The van der Waals surface area contributed by atoms with Crippen LogP contribution in [0.15, 0.2) is 34.9 Å². The standard InChI is InChI=1S/C14H17BrN2/c1-10-9-16-17(14(2,3)4)13(10)11-5-7-12(15)8-6-11/h5-9H,1-4H3. The predicted octanol–water partition coefficient (Wildman–Crippen LogP) is 4.38. The summed E-state index contributed by atoms with van der Waals surface area (Å²) in [5.41, 5.74) is 3.61. The van der Waals surface area contributed by atoms with E-state index in [-0.39, 0.29) is 5.54 Å². The van der Waals surface area contributed by atoms with Crippen molar-refractivity contribution in [3.63, 3.8) is 0 Å². The summed E-state index contributed by atoms with van der Waals surface area (Å²) in [6.07, 6.45) is 1.93. The van der Waals surface area contributed by atoms with Gasteiger partial charge in [0.25, 0.3) is 0 Å². The molecule has 0 saturated heterocycles. The number of rotatable bonds is 1. The molecule has 0 unspecified atom stereocenters. The van der Waals surface area contributed by atoms with E-state index in [9.17, 15) is 0 Å². The van der Waals surface area contributed by atoms with Gasteiger partial charge in [0.2, 0.25) is 0 Å². The van der Waals surface area contributed by atoms with Crippen molar-refractivity contribution >= 4 is 15.9 Å². The second kappa shape index (κ2) is 4.30. The summed E-state index contributed by atoms with van der Waals surface area (Å²) in [7, 11) is 0. The first kappa shape index (κ1) is 12.4. The molecular weight excluding hydrogens is 276 g/mol. The summed E-state index contributed by atoms with van der Waals surface area (Å²) < 4.78 is 3.19. The summed E-state index contributed by atoms with van der Waals surface area (Å²) in [6.45, 7) is 8.61. The van der Waals surface area contributed by atoms with E-state index in [1.54, 1.807) is 0 Å². The van der Waals surface area contributed by atoms with Crippen LogP contribution in [0.3, 0.4) is 0 Å². The molecule has 90 valence electrons. The van der Waals surface area contributed by atoms with Crippen LogP contribution in [0.4, 0.5) is 0 Å². The van der Waals surface area contributed by atoms with Crippen molar-refractivity contribution in [2.24, 2.45) is 0 Å². The first-order chi connectivity index (χ1) is 7.89. The third-order valence-electron chi connectivity index (χ3n) is 2.71. The van der Waals surface area contributed by atoms with Gasteiger partial charge in [0, 0.05) is 10.0 Å². The van der Waals surface area contributed by atoms with Crippen molar-refractivity contribution in [1.29, 1.82) is 0 Å². The summed E-state index contributed by atoms with van der Waals surface area (Å²) in [5.74, 6) is 0. The Morgan fingerprint density at radius 3 is 2.24 bits per heavy atom. The summed E-state index contributed by atoms with van der Waals surface area (Å²) in [5, 5.41) is 4.49. The monoisotopic (exact) mass is 292 g/mol. The average molecular weight is 293 g/mol. The highest BCUT2D eigenvalue weighted by Gasteiger charge is 2.20. The van der Waals surface area contributed by atoms with Crippen LogP contribution >= 0.6 is 15.9 Å². The molecule has 1 aromatic carbocycles. The average Bonchev–Trinajstić information content (AvgIpc) is 2.61. The zero-order valence-corrected chi connectivity index (χ0v) is 12.2. The van der Waals surface area contributed by atoms with Crippen LogP contribution in [0.1, 0.15) is 26.3 Å². The molecule has 1 aromatic heterocycles. The highest BCUT2D eigenvalue weighted by molar-refractivity contribution is 9.10. The van der Waals surface area contributed by atoms with Gasteiger partial charge in [0.15, 0.2) is 0 Å². The molecular formula is C14H17BrN2. The Hall–Kier alpha value is -1.09. The van der Waals surface area contributed by atoms with E-state index in [4.69, 9.17) is 0 Å². The molecule has 0 atom stereocenters. The number of hydrogen-bond acceptors (Lipinski definition) is 1. The molecule has 1 heterocycles. The first-order valence-corrected chi connectivity index (χ1v) is 6.50. The van der Waals surface area contributed by atoms with Crippen LogP contribution < -0.4 is 0 Å². The fraction of sp³-hybridized carbons (Fsp3) is 0.357. The largest absolute Gasteiger partial charge is 0.259 e. The predicted molar refractivity (Wildman–Crippen MR) is 75.1 cm³/mol. The van der Waals surface area contributed by atoms with Gasteiger partial charge in [-0.15, -0.1) is 0 Å². The van der Waals surface area contributed by atoms with E-state index in [0.29, 0.717) is 0 Å². The lowest BCUT2D eigenvalue weighted by Gasteiger charge is -2.23. The third-order valence-corrected chi connectivity index (χ3v) is 3.23. The number of nitrogens with zero attached hydrogens (tertiary/aromatic N) is 2. The normalized spacial score (nSPS) is 11.8. The van der Waals surface area contributed by atoms with E-state index >= 15 is 0 Å². The molecule has 0 N–H and O–H groups in total. The second-order valence-corrected chi connectivity index (χ2v) is 6.18. The van der Waals surface area contributed by atoms with Crippen molar-refractivity contribution in [3.8, 4) is 11.3 Å². The Balaban J connectivity index is 2.59. The Kier molecular flexibility index (Phi) is 3.13. The molecule has 0 amide bonds. The maximum Gasteiger partial charge on any atom is 0.0717 e. The van der Waals surface area contributed by atoms with Crippen LogP contribution in [0, 0.1) is 6.92 Å². The summed E-state index contributed by atoms with van der Waals surface area (Å²) >= 11 is 3.46. The number of aromatic nitrogens is 2. The van der Waals surface area contributed by atoms with E-state index in [2.05, 4.69) is 77.7 Å². The fourth-order valence-corrected chi connectivity index (χ4v) is 2.16. The third kappa shape index (κ3) is 2.44. The Morgan fingerprint density at radius 1 is 1.12 bits per heavy atom. The molecule has 17 heavy (non-hydrogen) atoms. The number of benzene rings is 1. The summed E-state index contributed by atoms with van der Waals surface area (Å²) in [4.78, 5) is 0. The topological polar surface area (TPSA) is 17.8 Å². The van der Waals surface area contributed by atoms with E-state index in [1.165, 1.54) is 16.8 Å². The van der Waals surface area contributed by atoms with Crippen molar-refractivity contribution in [2.75, 3.05) is 0 Å². The van der Waals surface area contributed by atoms with Crippen LogP contribution in [-0.2, 0) is 5.54 Å². The molecule has 0 aliphatic rings. The second-order valence-electron chi connectivity index (χ2n) is 5.27. The fourth-order valence-electron chi connectivity index (χ4n) is 1.90. The maximum atomic E-state index is 4.49. The van der Waals surface area contributed by atoms with Gasteiger partial charge in [0.05, 0.1) is 17.4 Å². The van der Waals surface area contributed by atoms with E-state index < -0.39 is 0 Å². The smallest absolute Gasteiger partial charge is 0.0717 e. The van der Waals surface area contributed by atoms with Gasteiger partial charge in [-0.2, -0.15) is 5.10 Å². The number of halogens is 1. The molecule has 0 spiro atoms. The van der Waals surface area contributed by atoms with Gasteiger partial charge in [-0.05, 0) is 45.4 Å². The van der Waals surface area contributed by atoms with Crippen LogP contribution in [0.25, 0.3) is 11.3 Å². The first-order valence-electron chi connectivity index (χ1n) is 5.70. The minimum atomic E-state index is -0.00331. The molecule has 0 saturated carbocycles.